The van der Waals surface area contributed by atoms with Crippen LogP contribution in [0.25, 0.3) is 9.88 Å². The highest BCUT2D eigenvalue weighted by molar-refractivity contribution is 7.89. The van der Waals surface area contributed by atoms with E-state index in [9.17, 15) is 13.2 Å². The first kappa shape index (κ1) is 20.5. The summed E-state index contributed by atoms with van der Waals surface area (Å²) in [7, 11) is -3.71. The summed E-state index contributed by atoms with van der Waals surface area (Å²) in [6.07, 6.45) is 0. The standard InChI is InChI=1S/C17H17ClN4O4S3/c1-10-15(11(2)26-20-10)29(24,25)22-7-5-21(6-8-22)17(23)12-9-27-16(19-12)13-3-4-14(18)28-13/h3-4,9H,5-8H2,1-2H3. The van der Waals surface area contributed by atoms with Gasteiger partial charge in [-0.25, -0.2) is 13.4 Å². The summed E-state index contributed by atoms with van der Waals surface area (Å²) < 4.78 is 32.8. The van der Waals surface area contributed by atoms with Crippen molar-refractivity contribution < 1.29 is 17.7 Å². The molecular formula is C17H17ClN4O4S3. The summed E-state index contributed by atoms with van der Waals surface area (Å²) in [5.74, 6) is 0.0641. The molecule has 1 saturated heterocycles. The van der Waals surface area contributed by atoms with Crippen LogP contribution in [0, 0.1) is 13.8 Å². The Bertz CT molecular complexity index is 1140. The lowest BCUT2D eigenvalue weighted by Gasteiger charge is -2.33. The molecule has 0 bridgehead atoms. The molecule has 3 aromatic rings. The molecule has 29 heavy (non-hydrogen) atoms. The van der Waals surface area contributed by atoms with Crippen molar-refractivity contribution in [3.63, 3.8) is 0 Å². The second-order valence-electron chi connectivity index (χ2n) is 6.49. The first-order chi connectivity index (χ1) is 13.8. The summed E-state index contributed by atoms with van der Waals surface area (Å²) in [6.45, 7) is 4.17. The fourth-order valence-corrected chi connectivity index (χ4v) is 6.80. The SMILES string of the molecule is Cc1noc(C)c1S(=O)(=O)N1CCN(C(=O)c2csc(-c3ccc(Cl)s3)n2)CC1. The van der Waals surface area contributed by atoms with Gasteiger partial charge in [0.2, 0.25) is 10.0 Å². The van der Waals surface area contributed by atoms with E-state index in [1.54, 1.807) is 30.2 Å². The molecule has 4 rings (SSSR count). The minimum Gasteiger partial charge on any atom is -0.360 e. The quantitative estimate of drug-likeness (QED) is 0.578. The van der Waals surface area contributed by atoms with Gasteiger partial charge in [-0.2, -0.15) is 4.31 Å². The number of carbonyl (C=O) groups is 1. The number of thiazole rings is 1. The first-order valence-corrected chi connectivity index (χ1v) is 12.2. The number of thiophene rings is 1. The number of piperazine rings is 1. The van der Waals surface area contributed by atoms with E-state index in [0.29, 0.717) is 28.8 Å². The predicted molar refractivity (Wildman–Crippen MR) is 111 cm³/mol. The van der Waals surface area contributed by atoms with Crippen LogP contribution in [0.1, 0.15) is 21.9 Å². The van der Waals surface area contributed by atoms with Crippen molar-refractivity contribution in [3.8, 4) is 9.88 Å². The van der Waals surface area contributed by atoms with Crippen LogP contribution < -0.4 is 0 Å². The van der Waals surface area contributed by atoms with Crippen LogP contribution in [-0.4, -0.2) is 59.8 Å². The number of halogens is 1. The van der Waals surface area contributed by atoms with Crippen LogP contribution in [-0.2, 0) is 10.0 Å². The van der Waals surface area contributed by atoms with Gasteiger partial charge < -0.3 is 9.42 Å². The molecule has 154 valence electrons. The average Bonchev–Trinajstić information content (AvgIpc) is 3.41. The van der Waals surface area contributed by atoms with Crippen LogP contribution in [0.2, 0.25) is 4.34 Å². The van der Waals surface area contributed by atoms with E-state index in [-0.39, 0.29) is 29.7 Å². The number of rotatable bonds is 4. The smallest absolute Gasteiger partial charge is 0.273 e. The van der Waals surface area contributed by atoms with Crippen LogP contribution in [0.5, 0.6) is 0 Å². The number of aromatic nitrogens is 2. The monoisotopic (exact) mass is 472 g/mol. The van der Waals surface area contributed by atoms with E-state index < -0.39 is 10.0 Å². The summed E-state index contributed by atoms with van der Waals surface area (Å²) in [5.41, 5.74) is 0.696. The van der Waals surface area contributed by atoms with E-state index in [1.807, 2.05) is 6.07 Å². The molecule has 8 nitrogen and oxygen atoms in total. The molecule has 1 aliphatic rings. The predicted octanol–water partition coefficient (Wildman–Crippen LogP) is 3.28. The minimum atomic E-state index is -3.71. The maximum atomic E-state index is 12.9. The molecule has 0 spiro atoms. The van der Waals surface area contributed by atoms with Crippen molar-refractivity contribution in [3.05, 3.63) is 39.0 Å². The van der Waals surface area contributed by atoms with Gasteiger partial charge in [-0.3, -0.25) is 4.79 Å². The normalized spacial score (nSPS) is 15.8. The van der Waals surface area contributed by atoms with Crippen molar-refractivity contribution in [2.24, 2.45) is 0 Å². The first-order valence-electron chi connectivity index (χ1n) is 8.71. The summed E-state index contributed by atoms with van der Waals surface area (Å²) in [5, 5.41) is 6.19. The molecule has 0 N–H and O–H groups in total. The van der Waals surface area contributed by atoms with Crippen molar-refractivity contribution >= 4 is 50.2 Å². The second-order valence-corrected chi connectivity index (χ2v) is 10.9. The third-order valence-electron chi connectivity index (χ3n) is 4.60. The molecule has 4 heterocycles. The van der Waals surface area contributed by atoms with Gasteiger partial charge in [0.25, 0.3) is 5.91 Å². The van der Waals surface area contributed by atoms with Crippen LogP contribution >= 0.6 is 34.3 Å². The van der Waals surface area contributed by atoms with Gasteiger partial charge in [-0.15, -0.1) is 22.7 Å². The lowest BCUT2D eigenvalue weighted by Crippen LogP contribution is -2.50. The zero-order valence-electron chi connectivity index (χ0n) is 15.6. The van der Waals surface area contributed by atoms with E-state index >= 15 is 0 Å². The Morgan fingerprint density at radius 2 is 1.93 bits per heavy atom. The molecule has 0 unspecified atom stereocenters. The Labute approximate surface area is 180 Å². The van der Waals surface area contributed by atoms with E-state index in [4.69, 9.17) is 16.1 Å². The number of aryl methyl sites for hydroxylation is 2. The fourth-order valence-electron chi connectivity index (χ4n) is 3.18. The zero-order chi connectivity index (χ0) is 20.8. The highest BCUT2D eigenvalue weighted by Gasteiger charge is 2.34. The summed E-state index contributed by atoms with van der Waals surface area (Å²) in [6, 6.07) is 3.67. The maximum Gasteiger partial charge on any atom is 0.273 e. The Balaban J connectivity index is 1.45. The Hall–Kier alpha value is -1.79. The topological polar surface area (TPSA) is 96.6 Å². The molecule has 0 saturated carbocycles. The number of amides is 1. The number of hydrogen-bond acceptors (Lipinski definition) is 8. The Morgan fingerprint density at radius 3 is 2.52 bits per heavy atom. The second kappa shape index (κ2) is 7.80. The number of sulfonamides is 1. The van der Waals surface area contributed by atoms with Crippen molar-refractivity contribution in [2.45, 2.75) is 18.7 Å². The van der Waals surface area contributed by atoms with E-state index in [2.05, 4.69) is 10.1 Å². The van der Waals surface area contributed by atoms with Gasteiger partial charge in [0, 0.05) is 31.6 Å². The molecule has 1 fully saturated rings. The molecule has 3 aromatic heterocycles. The third kappa shape index (κ3) is 3.84. The van der Waals surface area contributed by atoms with Crippen LogP contribution in [0.4, 0.5) is 0 Å². The van der Waals surface area contributed by atoms with Gasteiger partial charge in [0.1, 0.15) is 21.3 Å². The molecule has 0 aliphatic carbocycles. The van der Waals surface area contributed by atoms with Crippen LogP contribution in [0.15, 0.2) is 26.9 Å². The Morgan fingerprint density at radius 1 is 1.21 bits per heavy atom. The molecule has 0 aromatic carbocycles. The van der Waals surface area contributed by atoms with Gasteiger partial charge in [0.15, 0.2) is 5.76 Å². The highest BCUT2D eigenvalue weighted by Crippen LogP contribution is 2.33. The lowest BCUT2D eigenvalue weighted by atomic mass is 10.3. The van der Waals surface area contributed by atoms with Gasteiger partial charge in [-0.1, -0.05) is 16.8 Å². The number of nitrogens with zero attached hydrogens (tertiary/aromatic N) is 4. The maximum absolute atomic E-state index is 12.9. The van der Waals surface area contributed by atoms with Gasteiger partial charge >= 0.3 is 0 Å². The molecule has 1 amide bonds. The average molecular weight is 473 g/mol. The molecule has 0 atom stereocenters. The summed E-state index contributed by atoms with van der Waals surface area (Å²) in [4.78, 5) is 19.9. The third-order valence-corrected chi connectivity index (χ3v) is 8.99. The zero-order valence-corrected chi connectivity index (χ0v) is 18.8. The van der Waals surface area contributed by atoms with Gasteiger partial charge in [-0.05, 0) is 26.0 Å². The highest BCUT2D eigenvalue weighted by atomic mass is 35.5. The number of hydrogen-bond donors (Lipinski definition) is 0. The Kier molecular flexibility index (Phi) is 5.51. The van der Waals surface area contributed by atoms with Crippen LogP contribution in [0.3, 0.4) is 0 Å². The molecule has 12 heteroatoms. The van der Waals surface area contributed by atoms with E-state index in [0.717, 1.165) is 9.88 Å². The molecule has 0 radical (unpaired) electrons. The number of carbonyl (C=O) groups excluding carboxylic acids is 1. The summed E-state index contributed by atoms with van der Waals surface area (Å²) >= 11 is 8.76. The van der Waals surface area contributed by atoms with Crippen molar-refractivity contribution in [1.29, 1.82) is 0 Å². The fraction of sp³-hybridized carbons (Fsp3) is 0.353. The molecule has 1 aliphatic heterocycles. The van der Waals surface area contributed by atoms with E-state index in [1.165, 1.54) is 27.0 Å². The van der Waals surface area contributed by atoms with Gasteiger partial charge in [0.05, 0.1) is 9.21 Å². The largest absolute Gasteiger partial charge is 0.360 e. The van der Waals surface area contributed by atoms with Crippen molar-refractivity contribution in [2.75, 3.05) is 26.2 Å². The van der Waals surface area contributed by atoms with Crippen molar-refractivity contribution in [1.82, 2.24) is 19.3 Å². The minimum absolute atomic E-state index is 0.107. The lowest BCUT2D eigenvalue weighted by molar-refractivity contribution is 0.0693. The molecular weight excluding hydrogens is 456 g/mol.